The number of carbonyl (C=O) groups is 2. The van der Waals surface area contributed by atoms with Crippen molar-refractivity contribution in [1.82, 2.24) is 14.7 Å². The predicted octanol–water partition coefficient (Wildman–Crippen LogP) is 2.24. The summed E-state index contributed by atoms with van der Waals surface area (Å²) in [5.74, 6) is 1.14. The van der Waals surface area contributed by atoms with E-state index in [-0.39, 0.29) is 5.97 Å². The summed E-state index contributed by atoms with van der Waals surface area (Å²) in [4.78, 5) is 31.7. The van der Waals surface area contributed by atoms with Gasteiger partial charge in [-0.05, 0) is 62.9 Å². The van der Waals surface area contributed by atoms with Crippen LogP contribution in [0, 0.1) is 11.8 Å². The van der Waals surface area contributed by atoms with E-state index in [0.29, 0.717) is 41.8 Å². The number of piperidine rings is 3. The third kappa shape index (κ3) is 4.19. The van der Waals surface area contributed by atoms with E-state index in [1.165, 1.54) is 13.5 Å². The van der Waals surface area contributed by atoms with E-state index in [4.69, 9.17) is 4.74 Å². The second-order valence-electron chi connectivity index (χ2n) is 9.23. The highest BCUT2D eigenvalue weighted by molar-refractivity contribution is 5.89. The van der Waals surface area contributed by atoms with Gasteiger partial charge >= 0.3 is 5.97 Å². The molecule has 3 fully saturated rings. The van der Waals surface area contributed by atoms with Gasteiger partial charge in [-0.3, -0.25) is 9.69 Å². The van der Waals surface area contributed by atoms with Crippen LogP contribution in [0.3, 0.4) is 0 Å². The Kier molecular flexibility index (Phi) is 5.93. The molecule has 158 valence electrons. The Labute approximate surface area is 173 Å². The molecular formula is C23H33N3O3. The molecule has 4 rings (SSSR count). The maximum atomic E-state index is 12.8. The SMILES string of the molecule is COC(=O)c1cccc(CN2C[C@H]3C[C@@H](C2)[C@H](CN(C)C)N2C(=O)CCC[C@@H]32)c1. The van der Waals surface area contributed by atoms with E-state index in [9.17, 15) is 9.59 Å². The molecule has 0 N–H and O–H groups in total. The molecule has 0 aliphatic carbocycles. The minimum atomic E-state index is -0.287. The number of fused-ring (bicyclic) bond motifs is 4. The molecule has 3 saturated heterocycles. The molecule has 0 aromatic heterocycles. The van der Waals surface area contributed by atoms with Gasteiger partial charge in [-0.15, -0.1) is 0 Å². The number of amides is 1. The standard InChI is InChI=1S/C23H33N3O3/c1-24(2)15-21-19-11-18(20-8-5-9-22(27)26(20)21)13-25(14-19)12-16-6-4-7-17(10-16)23(28)29-3/h4,6-7,10,18-21H,5,8-9,11-15H2,1-3H3/t18-,19+,20+,21+/m1/s1. The summed E-state index contributed by atoms with van der Waals surface area (Å²) in [5.41, 5.74) is 1.75. The number of ether oxygens (including phenoxy) is 1. The van der Waals surface area contributed by atoms with E-state index < -0.39 is 0 Å². The van der Waals surface area contributed by atoms with Crippen molar-refractivity contribution in [2.75, 3.05) is 40.8 Å². The zero-order chi connectivity index (χ0) is 20.5. The molecule has 2 bridgehead atoms. The number of esters is 1. The lowest BCUT2D eigenvalue weighted by atomic mass is 9.72. The molecule has 0 radical (unpaired) electrons. The van der Waals surface area contributed by atoms with Crippen LogP contribution in [0.25, 0.3) is 0 Å². The monoisotopic (exact) mass is 399 g/mol. The van der Waals surface area contributed by atoms with Gasteiger partial charge in [-0.1, -0.05) is 12.1 Å². The van der Waals surface area contributed by atoms with Crippen LogP contribution in [0.5, 0.6) is 0 Å². The molecule has 6 nitrogen and oxygen atoms in total. The first-order chi connectivity index (χ1) is 14.0. The third-order valence-corrected chi connectivity index (χ3v) is 6.88. The fourth-order valence-corrected chi connectivity index (χ4v) is 5.78. The third-order valence-electron chi connectivity index (χ3n) is 6.88. The lowest BCUT2D eigenvalue weighted by Gasteiger charge is -2.57. The predicted molar refractivity (Wildman–Crippen MR) is 111 cm³/mol. The van der Waals surface area contributed by atoms with Crippen molar-refractivity contribution in [1.29, 1.82) is 0 Å². The first-order valence-corrected chi connectivity index (χ1v) is 10.8. The molecule has 0 spiro atoms. The molecule has 1 aromatic rings. The van der Waals surface area contributed by atoms with Gasteiger partial charge < -0.3 is 14.5 Å². The zero-order valence-corrected chi connectivity index (χ0v) is 17.8. The topological polar surface area (TPSA) is 53.1 Å². The summed E-state index contributed by atoms with van der Waals surface area (Å²) in [6, 6.07) is 8.47. The van der Waals surface area contributed by atoms with E-state index >= 15 is 0 Å². The number of benzene rings is 1. The second kappa shape index (κ2) is 8.44. The zero-order valence-electron chi connectivity index (χ0n) is 17.8. The number of nitrogens with zero attached hydrogens (tertiary/aromatic N) is 3. The molecule has 0 unspecified atom stereocenters. The van der Waals surface area contributed by atoms with Crippen molar-refractivity contribution in [3.63, 3.8) is 0 Å². The molecule has 4 atom stereocenters. The minimum absolute atomic E-state index is 0.287. The minimum Gasteiger partial charge on any atom is -0.465 e. The van der Waals surface area contributed by atoms with E-state index in [1.807, 2.05) is 12.1 Å². The van der Waals surface area contributed by atoms with Crippen molar-refractivity contribution in [2.24, 2.45) is 11.8 Å². The Morgan fingerprint density at radius 2 is 2.03 bits per heavy atom. The lowest BCUT2D eigenvalue weighted by Crippen LogP contribution is -2.66. The van der Waals surface area contributed by atoms with Gasteiger partial charge in [0.25, 0.3) is 0 Å². The van der Waals surface area contributed by atoms with E-state index in [0.717, 1.165) is 44.6 Å². The highest BCUT2D eigenvalue weighted by Gasteiger charge is 2.49. The Morgan fingerprint density at radius 1 is 1.24 bits per heavy atom. The van der Waals surface area contributed by atoms with Gasteiger partial charge in [0.2, 0.25) is 5.91 Å². The number of carbonyl (C=O) groups excluding carboxylic acids is 2. The van der Waals surface area contributed by atoms with Crippen LogP contribution in [0.2, 0.25) is 0 Å². The molecule has 29 heavy (non-hydrogen) atoms. The summed E-state index contributed by atoms with van der Waals surface area (Å²) in [7, 11) is 5.63. The molecule has 3 aliphatic rings. The molecule has 0 saturated carbocycles. The molecular weight excluding hydrogens is 366 g/mol. The molecule has 6 heteroatoms. The summed E-state index contributed by atoms with van der Waals surface area (Å²) in [5, 5.41) is 0. The Bertz CT molecular complexity index is 765. The number of likely N-dealkylation sites (N-methyl/N-ethyl adjacent to an activating group) is 1. The summed E-state index contributed by atoms with van der Waals surface area (Å²) in [6.07, 6.45) is 4.10. The van der Waals surface area contributed by atoms with Crippen molar-refractivity contribution in [3.8, 4) is 0 Å². The summed E-state index contributed by atoms with van der Waals surface area (Å²) in [6.45, 7) is 3.81. The van der Waals surface area contributed by atoms with Crippen LogP contribution in [0.15, 0.2) is 24.3 Å². The first kappa shape index (κ1) is 20.4. The average Bonchev–Trinajstić information content (AvgIpc) is 2.70. The number of hydrogen-bond donors (Lipinski definition) is 0. The van der Waals surface area contributed by atoms with Crippen LogP contribution in [0.4, 0.5) is 0 Å². The van der Waals surface area contributed by atoms with Crippen LogP contribution >= 0.6 is 0 Å². The fraction of sp³-hybridized carbons (Fsp3) is 0.652. The summed E-state index contributed by atoms with van der Waals surface area (Å²) < 4.78 is 4.87. The van der Waals surface area contributed by atoms with Gasteiger partial charge in [-0.25, -0.2) is 4.79 Å². The smallest absolute Gasteiger partial charge is 0.337 e. The lowest BCUT2D eigenvalue weighted by molar-refractivity contribution is -0.153. The van der Waals surface area contributed by atoms with E-state index in [2.05, 4.69) is 34.9 Å². The van der Waals surface area contributed by atoms with Crippen LogP contribution < -0.4 is 0 Å². The van der Waals surface area contributed by atoms with Crippen LogP contribution in [0.1, 0.15) is 41.6 Å². The van der Waals surface area contributed by atoms with Gasteiger partial charge in [0.05, 0.1) is 12.7 Å². The van der Waals surface area contributed by atoms with Crippen LogP contribution in [-0.4, -0.2) is 79.5 Å². The van der Waals surface area contributed by atoms with Crippen molar-refractivity contribution >= 4 is 11.9 Å². The van der Waals surface area contributed by atoms with Crippen molar-refractivity contribution in [3.05, 3.63) is 35.4 Å². The largest absolute Gasteiger partial charge is 0.465 e. The Balaban J connectivity index is 1.53. The molecule has 1 amide bonds. The van der Waals surface area contributed by atoms with Gasteiger partial charge in [0, 0.05) is 44.7 Å². The maximum Gasteiger partial charge on any atom is 0.337 e. The second-order valence-corrected chi connectivity index (χ2v) is 9.23. The molecule has 3 aliphatic heterocycles. The van der Waals surface area contributed by atoms with Crippen molar-refractivity contribution < 1.29 is 14.3 Å². The normalized spacial score (nSPS) is 29.7. The first-order valence-electron chi connectivity index (χ1n) is 10.8. The van der Waals surface area contributed by atoms with E-state index in [1.54, 1.807) is 6.07 Å². The Hall–Kier alpha value is -1.92. The van der Waals surface area contributed by atoms with Gasteiger partial charge in [0.15, 0.2) is 0 Å². The highest BCUT2D eigenvalue weighted by atomic mass is 16.5. The highest BCUT2D eigenvalue weighted by Crippen LogP contribution is 2.42. The molecule has 3 heterocycles. The number of hydrogen-bond acceptors (Lipinski definition) is 5. The van der Waals surface area contributed by atoms with Gasteiger partial charge in [0.1, 0.15) is 0 Å². The van der Waals surface area contributed by atoms with Gasteiger partial charge in [-0.2, -0.15) is 0 Å². The molecule has 1 aromatic carbocycles. The van der Waals surface area contributed by atoms with Crippen LogP contribution in [-0.2, 0) is 16.1 Å². The number of likely N-dealkylation sites (tertiary alicyclic amines) is 1. The number of rotatable bonds is 5. The average molecular weight is 400 g/mol. The quantitative estimate of drug-likeness (QED) is 0.711. The Morgan fingerprint density at radius 3 is 2.79 bits per heavy atom. The fourth-order valence-electron chi connectivity index (χ4n) is 5.78. The maximum absolute atomic E-state index is 12.8. The number of methoxy groups -OCH3 is 1. The summed E-state index contributed by atoms with van der Waals surface area (Å²) >= 11 is 0. The van der Waals surface area contributed by atoms with Crippen molar-refractivity contribution in [2.45, 2.75) is 44.3 Å².